The van der Waals surface area contributed by atoms with Gasteiger partial charge in [0.2, 0.25) is 0 Å². The van der Waals surface area contributed by atoms with Crippen molar-refractivity contribution in [3.63, 3.8) is 0 Å². The Bertz CT molecular complexity index is 676. The fourth-order valence-electron chi connectivity index (χ4n) is 4.51. The molecule has 3 N–H and O–H groups in total. The van der Waals surface area contributed by atoms with Gasteiger partial charge in [-0.3, -0.25) is 4.90 Å². The summed E-state index contributed by atoms with van der Waals surface area (Å²) in [6, 6.07) is 6.12. The molecule has 7 heteroatoms. The van der Waals surface area contributed by atoms with Crippen molar-refractivity contribution in [2.45, 2.75) is 63.3 Å². The third-order valence-corrected chi connectivity index (χ3v) is 6.09. The Morgan fingerprint density at radius 1 is 1.07 bits per heavy atom. The van der Waals surface area contributed by atoms with Gasteiger partial charge in [0, 0.05) is 31.7 Å². The topological polar surface area (TPSA) is 83.1 Å². The van der Waals surface area contributed by atoms with Gasteiger partial charge in [-0.25, -0.2) is 4.79 Å². The number of benzene rings is 1. The van der Waals surface area contributed by atoms with Crippen LogP contribution in [0.5, 0.6) is 11.5 Å². The highest BCUT2D eigenvalue weighted by Gasteiger charge is 2.31. The van der Waals surface area contributed by atoms with Crippen LogP contribution in [0.1, 0.15) is 44.1 Å². The van der Waals surface area contributed by atoms with Crippen LogP contribution >= 0.6 is 0 Å². The number of ether oxygens (including phenoxy) is 2. The van der Waals surface area contributed by atoms with E-state index in [0.29, 0.717) is 25.8 Å². The monoisotopic (exact) mass is 389 g/mol. The molecule has 1 aromatic rings. The number of hydrogen-bond acceptors (Lipinski definition) is 5. The molecule has 1 aliphatic carbocycles. The molecule has 2 fully saturated rings. The van der Waals surface area contributed by atoms with E-state index < -0.39 is 0 Å². The second-order valence-corrected chi connectivity index (χ2v) is 8.03. The number of urea groups is 1. The Labute approximate surface area is 166 Å². The van der Waals surface area contributed by atoms with Crippen LogP contribution in [0.4, 0.5) is 4.79 Å². The number of nitrogens with one attached hydrogen (secondary N) is 2. The van der Waals surface area contributed by atoms with Crippen molar-refractivity contribution in [3.8, 4) is 11.5 Å². The standard InChI is InChI=1S/C21H31N3O4/c25-18-4-2-1-3-17(18)24-9-7-16(8-10-24)23-21(26)22-14-15-5-6-19-20(13-15)28-12-11-27-19/h5-6,13,16-18,25H,1-4,7-12,14H2,(H2,22,23,26). The SMILES string of the molecule is O=C(NCc1ccc2c(c1)OCCO2)NC1CCN(C2CCCCC2O)CC1. The molecule has 2 heterocycles. The molecular formula is C21H31N3O4. The predicted octanol–water partition coefficient (Wildman–Crippen LogP) is 2.02. The smallest absolute Gasteiger partial charge is 0.315 e. The minimum absolute atomic E-state index is 0.133. The maximum Gasteiger partial charge on any atom is 0.315 e. The van der Waals surface area contributed by atoms with E-state index in [4.69, 9.17) is 9.47 Å². The molecule has 1 saturated carbocycles. The minimum Gasteiger partial charge on any atom is -0.486 e. The molecule has 2 aliphatic heterocycles. The highest BCUT2D eigenvalue weighted by Crippen LogP contribution is 2.30. The van der Waals surface area contributed by atoms with Gasteiger partial charge < -0.3 is 25.2 Å². The Morgan fingerprint density at radius 3 is 2.61 bits per heavy atom. The van der Waals surface area contributed by atoms with Gasteiger partial charge in [0.05, 0.1) is 6.10 Å². The summed E-state index contributed by atoms with van der Waals surface area (Å²) in [6.45, 7) is 3.46. The molecule has 0 spiro atoms. The van der Waals surface area contributed by atoms with Crippen molar-refractivity contribution in [2.24, 2.45) is 0 Å². The van der Waals surface area contributed by atoms with E-state index in [1.807, 2.05) is 18.2 Å². The van der Waals surface area contributed by atoms with Gasteiger partial charge in [-0.2, -0.15) is 0 Å². The van der Waals surface area contributed by atoms with E-state index >= 15 is 0 Å². The summed E-state index contributed by atoms with van der Waals surface area (Å²) in [5.74, 6) is 1.50. The molecule has 1 aromatic carbocycles. The molecule has 0 radical (unpaired) electrons. The number of aliphatic hydroxyl groups is 1. The highest BCUT2D eigenvalue weighted by atomic mass is 16.6. The summed E-state index contributed by atoms with van der Waals surface area (Å²) in [5, 5.41) is 16.3. The number of carbonyl (C=O) groups excluding carboxylic acids is 1. The summed E-state index contributed by atoms with van der Waals surface area (Å²) in [4.78, 5) is 14.7. The Balaban J connectivity index is 1.20. The Hall–Kier alpha value is -1.99. The molecule has 3 aliphatic rings. The number of rotatable bonds is 4. The molecule has 4 rings (SSSR count). The summed E-state index contributed by atoms with van der Waals surface area (Å²) >= 11 is 0. The van der Waals surface area contributed by atoms with Crippen molar-refractivity contribution in [2.75, 3.05) is 26.3 Å². The molecule has 2 atom stereocenters. The van der Waals surface area contributed by atoms with Crippen molar-refractivity contribution in [1.82, 2.24) is 15.5 Å². The lowest BCUT2D eigenvalue weighted by Crippen LogP contribution is -2.53. The van der Waals surface area contributed by atoms with Crippen LogP contribution < -0.4 is 20.1 Å². The van der Waals surface area contributed by atoms with E-state index in [9.17, 15) is 9.90 Å². The zero-order chi connectivity index (χ0) is 19.3. The number of carbonyl (C=O) groups is 1. The summed E-state index contributed by atoms with van der Waals surface area (Å²) in [7, 11) is 0. The number of aliphatic hydroxyl groups excluding tert-OH is 1. The maximum atomic E-state index is 12.3. The van der Waals surface area contributed by atoms with Gasteiger partial charge in [0.15, 0.2) is 11.5 Å². The number of amides is 2. The first kappa shape index (κ1) is 19.3. The number of likely N-dealkylation sites (tertiary alicyclic amines) is 1. The zero-order valence-electron chi connectivity index (χ0n) is 16.4. The van der Waals surface area contributed by atoms with Crippen LogP contribution in [-0.4, -0.2) is 60.5 Å². The van der Waals surface area contributed by atoms with Gasteiger partial charge in [-0.15, -0.1) is 0 Å². The lowest BCUT2D eigenvalue weighted by molar-refractivity contribution is 0.00777. The maximum absolute atomic E-state index is 12.3. The second kappa shape index (κ2) is 9.01. The van der Waals surface area contributed by atoms with Crippen molar-refractivity contribution in [1.29, 1.82) is 0 Å². The van der Waals surface area contributed by atoms with E-state index in [0.717, 1.165) is 62.3 Å². The number of nitrogens with zero attached hydrogens (tertiary/aromatic N) is 1. The first-order chi connectivity index (χ1) is 13.7. The second-order valence-electron chi connectivity index (χ2n) is 8.03. The molecular weight excluding hydrogens is 358 g/mol. The van der Waals surface area contributed by atoms with Gasteiger partial charge in [-0.1, -0.05) is 18.9 Å². The first-order valence-electron chi connectivity index (χ1n) is 10.5. The van der Waals surface area contributed by atoms with Gasteiger partial charge in [-0.05, 0) is 43.4 Å². The van der Waals surface area contributed by atoms with Crippen molar-refractivity contribution < 1.29 is 19.4 Å². The van der Waals surface area contributed by atoms with E-state index in [2.05, 4.69) is 15.5 Å². The minimum atomic E-state index is -0.187. The number of piperidine rings is 1. The number of hydrogen-bond donors (Lipinski definition) is 3. The van der Waals surface area contributed by atoms with Crippen LogP contribution in [0, 0.1) is 0 Å². The normalized spacial score (nSPS) is 25.9. The molecule has 1 saturated heterocycles. The lowest BCUT2D eigenvalue weighted by Gasteiger charge is -2.41. The fraction of sp³-hybridized carbons (Fsp3) is 0.667. The van der Waals surface area contributed by atoms with E-state index in [-0.39, 0.29) is 18.2 Å². The predicted molar refractivity (Wildman–Crippen MR) is 106 cm³/mol. The molecule has 7 nitrogen and oxygen atoms in total. The fourth-order valence-corrected chi connectivity index (χ4v) is 4.51. The summed E-state index contributed by atoms with van der Waals surface area (Å²) < 4.78 is 11.1. The highest BCUT2D eigenvalue weighted by molar-refractivity contribution is 5.74. The molecule has 2 unspecified atom stereocenters. The molecule has 0 bridgehead atoms. The van der Waals surface area contributed by atoms with Crippen LogP contribution in [0.3, 0.4) is 0 Å². The van der Waals surface area contributed by atoms with Gasteiger partial charge in [0.25, 0.3) is 0 Å². The average Bonchev–Trinajstić information content (AvgIpc) is 2.73. The largest absolute Gasteiger partial charge is 0.486 e. The Morgan fingerprint density at radius 2 is 1.82 bits per heavy atom. The van der Waals surface area contributed by atoms with Gasteiger partial charge in [0.1, 0.15) is 13.2 Å². The zero-order valence-corrected chi connectivity index (χ0v) is 16.4. The quantitative estimate of drug-likeness (QED) is 0.734. The molecule has 28 heavy (non-hydrogen) atoms. The Kier molecular flexibility index (Phi) is 6.22. The lowest BCUT2D eigenvalue weighted by atomic mass is 9.89. The van der Waals surface area contributed by atoms with Crippen LogP contribution in [-0.2, 0) is 6.54 Å². The van der Waals surface area contributed by atoms with E-state index in [1.165, 1.54) is 6.42 Å². The summed E-state index contributed by atoms with van der Waals surface area (Å²) in [5.41, 5.74) is 0.987. The van der Waals surface area contributed by atoms with Crippen molar-refractivity contribution in [3.05, 3.63) is 23.8 Å². The van der Waals surface area contributed by atoms with Crippen molar-refractivity contribution >= 4 is 6.03 Å². The third kappa shape index (κ3) is 4.70. The first-order valence-corrected chi connectivity index (χ1v) is 10.5. The molecule has 154 valence electrons. The van der Waals surface area contributed by atoms with Crippen LogP contribution in [0.25, 0.3) is 0 Å². The van der Waals surface area contributed by atoms with E-state index in [1.54, 1.807) is 0 Å². The van der Waals surface area contributed by atoms with Crippen LogP contribution in [0.2, 0.25) is 0 Å². The number of fused-ring (bicyclic) bond motifs is 1. The van der Waals surface area contributed by atoms with Gasteiger partial charge >= 0.3 is 6.03 Å². The van der Waals surface area contributed by atoms with Crippen LogP contribution in [0.15, 0.2) is 18.2 Å². The summed E-state index contributed by atoms with van der Waals surface area (Å²) in [6.07, 6.45) is 6.04. The third-order valence-electron chi connectivity index (χ3n) is 6.09. The molecule has 0 aromatic heterocycles. The average molecular weight is 389 g/mol. The molecule has 2 amide bonds.